The molecule has 2 heterocycles. The van der Waals surface area contributed by atoms with Crippen LogP contribution in [0.4, 0.5) is 5.69 Å². The molecule has 108 valence electrons. The van der Waals surface area contributed by atoms with E-state index in [-0.39, 0.29) is 0 Å². The highest BCUT2D eigenvalue weighted by Gasteiger charge is 2.30. The lowest BCUT2D eigenvalue weighted by Gasteiger charge is -2.38. The van der Waals surface area contributed by atoms with Crippen LogP contribution in [0.15, 0.2) is 24.3 Å². The third-order valence-corrected chi connectivity index (χ3v) is 4.40. The number of benzene rings is 1. The first-order valence-corrected chi connectivity index (χ1v) is 7.15. The molecule has 5 heteroatoms. The number of anilines is 1. The first kappa shape index (κ1) is 13.4. The van der Waals surface area contributed by atoms with Gasteiger partial charge in [-0.2, -0.15) is 0 Å². The van der Waals surface area contributed by atoms with E-state index in [1.807, 2.05) is 12.1 Å². The van der Waals surface area contributed by atoms with E-state index in [1.165, 1.54) is 19.4 Å². The highest BCUT2D eigenvalue weighted by molar-refractivity contribution is 5.74. The van der Waals surface area contributed by atoms with E-state index < -0.39 is 12.1 Å². The normalized spacial score (nSPS) is 24.4. The fourth-order valence-electron chi connectivity index (χ4n) is 3.24. The molecule has 2 aliphatic rings. The fourth-order valence-corrected chi connectivity index (χ4v) is 3.24. The largest absolute Gasteiger partial charge is 0.479 e. The average molecular weight is 276 g/mol. The molecule has 3 rings (SSSR count). The number of hydrogen-bond donors (Lipinski definition) is 2. The van der Waals surface area contributed by atoms with Gasteiger partial charge in [0.05, 0.1) is 0 Å². The molecule has 2 atom stereocenters. The quantitative estimate of drug-likeness (QED) is 0.865. The average Bonchev–Trinajstić information content (AvgIpc) is 2.94. The SMILES string of the molecule is O=C(O)[C@H](O)c1ccc(N2CCN3CCC[C@@H]3C2)cc1. The van der Waals surface area contributed by atoms with Crippen LogP contribution in [0, 0.1) is 0 Å². The Hall–Kier alpha value is -1.59. The molecule has 0 saturated carbocycles. The molecule has 0 bridgehead atoms. The molecule has 0 amide bonds. The number of carboxylic acid groups (broad SMARTS) is 1. The number of piperazine rings is 1. The van der Waals surface area contributed by atoms with E-state index in [1.54, 1.807) is 12.1 Å². The van der Waals surface area contributed by atoms with Crippen molar-refractivity contribution in [1.82, 2.24) is 4.90 Å². The van der Waals surface area contributed by atoms with Crippen molar-refractivity contribution in [2.24, 2.45) is 0 Å². The molecule has 2 saturated heterocycles. The van der Waals surface area contributed by atoms with Gasteiger partial charge in [-0.15, -0.1) is 0 Å². The van der Waals surface area contributed by atoms with Crippen LogP contribution in [0.5, 0.6) is 0 Å². The number of aliphatic carboxylic acids is 1. The van der Waals surface area contributed by atoms with E-state index >= 15 is 0 Å². The molecule has 2 N–H and O–H groups in total. The standard InChI is InChI=1S/C15H20N2O3/c18-14(15(19)20)11-3-5-12(6-4-11)17-9-8-16-7-1-2-13(16)10-17/h3-6,13-14,18H,1-2,7-10H2,(H,19,20)/t13-,14-/m1/s1. The van der Waals surface area contributed by atoms with Crippen LogP contribution in [-0.2, 0) is 4.79 Å². The Balaban J connectivity index is 1.70. The molecule has 5 nitrogen and oxygen atoms in total. The van der Waals surface area contributed by atoms with Gasteiger partial charge in [0.2, 0.25) is 0 Å². The lowest BCUT2D eigenvalue weighted by atomic mass is 10.1. The van der Waals surface area contributed by atoms with E-state index in [0.29, 0.717) is 11.6 Å². The molecule has 0 radical (unpaired) electrons. The Morgan fingerprint density at radius 1 is 1.20 bits per heavy atom. The molecule has 2 fully saturated rings. The van der Waals surface area contributed by atoms with Gasteiger partial charge in [-0.3, -0.25) is 4.90 Å². The minimum atomic E-state index is -1.43. The van der Waals surface area contributed by atoms with Crippen molar-refractivity contribution in [1.29, 1.82) is 0 Å². The first-order chi connectivity index (χ1) is 9.65. The Morgan fingerprint density at radius 2 is 1.95 bits per heavy atom. The van der Waals surface area contributed by atoms with E-state index in [4.69, 9.17) is 5.11 Å². The Kier molecular flexibility index (Phi) is 3.63. The zero-order valence-electron chi connectivity index (χ0n) is 11.4. The lowest BCUT2D eigenvalue weighted by Crippen LogP contribution is -2.50. The fraction of sp³-hybridized carbons (Fsp3) is 0.533. The van der Waals surface area contributed by atoms with E-state index in [2.05, 4.69) is 9.80 Å². The topological polar surface area (TPSA) is 64.0 Å². The maximum atomic E-state index is 10.7. The van der Waals surface area contributed by atoms with Crippen molar-refractivity contribution in [2.45, 2.75) is 25.0 Å². The van der Waals surface area contributed by atoms with E-state index in [0.717, 1.165) is 25.3 Å². The summed E-state index contributed by atoms with van der Waals surface area (Å²) >= 11 is 0. The molecule has 1 aromatic carbocycles. The summed E-state index contributed by atoms with van der Waals surface area (Å²) in [7, 11) is 0. The van der Waals surface area contributed by atoms with Crippen molar-refractivity contribution in [2.75, 3.05) is 31.1 Å². The van der Waals surface area contributed by atoms with Crippen molar-refractivity contribution < 1.29 is 15.0 Å². The summed E-state index contributed by atoms with van der Waals surface area (Å²) in [6, 6.07) is 7.88. The lowest BCUT2D eigenvalue weighted by molar-refractivity contribution is -0.146. The number of aliphatic hydroxyl groups is 1. The minimum Gasteiger partial charge on any atom is -0.479 e. The van der Waals surface area contributed by atoms with Gasteiger partial charge in [0.15, 0.2) is 6.10 Å². The van der Waals surface area contributed by atoms with Gasteiger partial charge in [0.25, 0.3) is 0 Å². The van der Waals surface area contributed by atoms with Crippen LogP contribution >= 0.6 is 0 Å². The van der Waals surface area contributed by atoms with Crippen LogP contribution in [0.2, 0.25) is 0 Å². The predicted molar refractivity (Wildman–Crippen MR) is 75.8 cm³/mol. The second-order valence-electron chi connectivity index (χ2n) is 5.61. The molecular formula is C15H20N2O3. The maximum Gasteiger partial charge on any atom is 0.337 e. The summed E-state index contributed by atoms with van der Waals surface area (Å²) in [5.41, 5.74) is 1.54. The van der Waals surface area contributed by atoms with Gasteiger partial charge < -0.3 is 15.1 Å². The summed E-state index contributed by atoms with van der Waals surface area (Å²) in [5.74, 6) is -1.21. The van der Waals surface area contributed by atoms with Crippen LogP contribution < -0.4 is 4.90 Å². The molecule has 0 spiro atoms. The van der Waals surface area contributed by atoms with Crippen LogP contribution in [0.25, 0.3) is 0 Å². The molecule has 0 aliphatic carbocycles. The smallest absolute Gasteiger partial charge is 0.337 e. The van der Waals surface area contributed by atoms with Gasteiger partial charge in [-0.25, -0.2) is 4.79 Å². The van der Waals surface area contributed by atoms with Gasteiger partial charge in [0.1, 0.15) is 0 Å². The third-order valence-electron chi connectivity index (χ3n) is 4.40. The van der Waals surface area contributed by atoms with Gasteiger partial charge in [0, 0.05) is 31.4 Å². The molecule has 20 heavy (non-hydrogen) atoms. The van der Waals surface area contributed by atoms with Crippen LogP contribution in [0.1, 0.15) is 24.5 Å². The second kappa shape index (κ2) is 5.42. The number of carboxylic acids is 1. The molecule has 0 unspecified atom stereocenters. The summed E-state index contributed by atoms with van der Waals surface area (Å²) in [6.45, 7) is 4.38. The number of hydrogen-bond acceptors (Lipinski definition) is 4. The Bertz CT molecular complexity index is 488. The summed E-state index contributed by atoms with van der Waals surface area (Å²) < 4.78 is 0. The van der Waals surface area contributed by atoms with Crippen molar-refractivity contribution in [3.05, 3.63) is 29.8 Å². The number of carbonyl (C=O) groups is 1. The number of rotatable bonds is 3. The van der Waals surface area contributed by atoms with Gasteiger partial charge in [-0.05, 0) is 37.1 Å². The molecule has 2 aliphatic heterocycles. The summed E-state index contributed by atoms with van der Waals surface area (Å²) in [5, 5.41) is 18.3. The van der Waals surface area contributed by atoms with Crippen molar-refractivity contribution in [3.63, 3.8) is 0 Å². The van der Waals surface area contributed by atoms with Crippen molar-refractivity contribution in [3.8, 4) is 0 Å². The monoisotopic (exact) mass is 276 g/mol. The van der Waals surface area contributed by atoms with Crippen LogP contribution in [-0.4, -0.2) is 53.3 Å². The first-order valence-electron chi connectivity index (χ1n) is 7.15. The zero-order valence-corrected chi connectivity index (χ0v) is 11.4. The Morgan fingerprint density at radius 3 is 2.65 bits per heavy atom. The summed E-state index contributed by atoms with van der Waals surface area (Å²) in [6.07, 6.45) is 1.13. The van der Waals surface area contributed by atoms with Crippen molar-refractivity contribution >= 4 is 11.7 Å². The van der Waals surface area contributed by atoms with Crippen LogP contribution in [0.3, 0.4) is 0 Å². The number of nitrogens with zero attached hydrogens (tertiary/aromatic N) is 2. The zero-order chi connectivity index (χ0) is 14.1. The number of fused-ring (bicyclic) bond motifs is 1. The van der Waals surface area contributed by atoms with Gasteiger partial charge >= 0.3 is 5.97 Å². The molecule has 0 aromatic heterocycles. The van der Waals surface area contributed by atoms with E-state index in [9.17, 15) is 9.90 Å². The van der Waals surface area contributed by atoms with Gasteiger partial charge in [-0.1, -0.05) is 12.1 Å². The Labute approximate surface area is 118 Å². The number of aliphatic hydroxyl groups excluding tert-OH is 1. The minimum absolute atomic E-state index is 0.431. The predicted octanol–water partition coefficient (Wildman–Crippen LogP) is 1.09. The third kappa shape index (κ3) is 2.51. The highest BCUT2D eigenvalue weighted by atomic mass is 16.4. The maximum absolute atomic E-state index is 10.7. The summed E-state index contributed by atoms with van der Waals surface area (Å²) in [4.78, 5) is 15.7. The highest BCUT2D eigenvalue weighted by Crippen LogP contribution is 2.26. The molecule has 1 aromatic rings. The molecular weight excluding hydrogens is 256 g/mol. The second-order valence-corrected chi connectivity index (χ2v) is 5.61.